The molecule has 0 amide bonds. The first-order valence-corrected chi connectivity index (χ1v) is 7.55. The summed E-state index contributed by atoms with van der Waals surface area (Å²) in [6.45, 7) is 0.889. The zero-order valence-corrected chi connectivity index (χ0v) is 11.5. The SMILES string of the molecule is NC1CCCCc2nc(CC3CCCCO3)ncc21. The predicted molar refractivity (Wildman–Crippen MR) is 73.8 cm³/mol. The van der Waals surface area contributed by atoms with Gasteiger partial charge in [-0.05, 0) is 38.5 Å². The highest BCUT2D eigenvalue weighted by atomic mass is 16.5. The number of hydrogen-bond donors (Lipinski definition) is 1. The molecule has 1 saturated heterocycles. The summed E-state index contributed by atoms with van der Waals surface area (Å²) in [5.41, 5.74) is 8.51. The average molecular weight is 261 g/mol. The van der Waals surface area contributed by atoms with Crippen LogP contribution >= 0.6 is 0 Å². The maximum Gasteiger partial charge on any atom is 0.131 e. The maximum absolute atomic E-state index is 6.18. The van der Waals surface area contributed by atoms with E-state index in [9.17, 15) is 0 Å². The monoisotopic (exact) mass is 261 g/mol. The Hall–Kier alpha value is -1.00. The second-order valence-corrected chi connectivity index (χ2v) is 5.73. The lowest BCUT2D eigenvalue weighted by Gasteiger charge is -2.22. The van der Waals surface area contributed by atoms with Crippen LogP contribution in [-0.4, -0.2) is 22.7 Å². The first-order chi connectivity index (χ1) is 9.33. The Morgan fingerprint density at radius 2 is 2.11 bits per heavy atom. The summed E-state index contributed by atoms with van der Waals surface area (Å²) in [6, 6.07) is 0.123. The van der Waals surface area contributed by atoms with Crippen LogP contribution < -0.4 is 5.73 Å². The first-order valence-electron chi connectivity index (χ1n) is 7.55. The van der Waals surface area contributed by atoms with E-state index in [2.05, 4.69) is 4.98 Å². The van der Waals surface area contributed by atoms with Crippen LogP contribution in [0.1, 0.15) is 61.6 Å². The molecule has 1 fully saturated rings. The van der Waals surface area contributed by atoms with Gasteiger partial charge in [0.25, 0.3) is 0 Å². The normalized spacial score (nSPS) is 27.6. The Kier molecular flexibility index (Phi) is 4.09. The minimum atomic E-state index is 0.123. The molecule has 2 atom stereocenters. The van der Waals surface area contributed by atoms with E-state index in [0.717, 1.165) is 43.7 Å². The smallest absolute Gasteiger partial charge is 0.131 e. The van der Waals surface area contributed by atoms with Crippen molar-refractivity contribution in [2.75, 3.05) is 6.61 Å². The molecule has 1 aromatic heterocycles. The second kappa shape index (κ2) is 5.97. The van der Waals surface area contributed by atoms with Crippen LogP contribution in [-0.2, 0) is 17.6 Å². The Labute approximate surface area is 114 Å². The van der Waals surface area contributed by atoms with Gasteiger partial charge in [0.1, 0.15) is 5.82 Å². The summed E-state index contributed by atoms with van der Waals surface area (Å²) in [5.74, 6) is 0.930. The van der Waals surface area contributed by atoms with Crippen molar-refractivity contribution in [3.63, 3.8) is 0 Å². The number of nitrogens with two attached hydrogens (primary N) is 1. The summed E-state index contributed by atoms with van der Waals surface area (Å²) in [6.07, 6.45) is 11.2. The molecule has 1 aliphatic carbocycles. The van der Waals surface area contributed by atoms with Crippen molar-refractivity contribution in [3.8, 4) is 0 Å². The van der Waals surface area contributed by atoms with Crippen molar-refractivity contribution in [2.24, 2.45) is 5.73 Å². The molecule has 0 saturated carbocycles. The van der Waals surface area contributed by atoms with Gasteiger partial charge in [0.2, 0.25) is 0 Å². The molecule has 2 aliphatic rings. The lowest BCUT2D eigenvalue weighted by molar-refractivity contribution is 0.0156. The molecule has 19 heavy (non-hydrogen) atoms. The lowest BCUT2D eigenvalue weighted by atomic mass is 10.0. The standard InChI is InChI=1S/C15H23N3O/c16-13-6-1-2-7-14-12(13)10-17-15(18-14)9-11-5-3-4-8-19-11/h10-11,13H,1-9,16H2. The Morgan fingerprint density at radius 3 is 2.95 bits per heavy atom. The second-order valence-electron chi connectivity index (χ2n) is 5.73. The van der Waals surface area contributed by atoms with Crippen molar-refractivity contribution in [3.05, 3.63) is 23.3 Å². The number of aryl methyl sites for hydroxylation is 1. The molecule has 1 aromatic rings. The molecule has 0 aromatic carbocycles. The van der Waals surface area contributed by atoms with Gasteiger partial charge in [-0.3, -0.25) is 0 Å². The molecule has 2 heterocycles. The fourth-order valence-corrected chi connectivity index (χ4v) is 3.06. The lowest BCUT2D eigenvalue weighted by Crippen LogP contribution is -2.23. The Balaban J connectivity index is 1.74. The van der Waals surface area contributed by atoms with E-state index in [4.69, 9.17) is 15.5 Å². The summed E-state index contributed by atoms with van der Waals surface area (Å²) >= 11 is 0. The first kappa shape index (κ1) is 13.0. The fourth-order valence-electron chi connectivity index (χ4n) is 3.06. The highest BCUT2D eigenvalue weighted by Gasteiger charge is 2.20. The average Bonchev–Trinajstić information content (AvgIpc) is 2.62. The zero-order chi connectivity index (χ0) is 13.1. The van der Waals surface area contributed by atoms with Crippen LogP contribution in [0.15, 0.2) is 6.20 Å². The van der Waals surface area contributed by atoms with Crippen LogP contribution in [0.2, 0.25) is 0 Å². The van der Waals surface area contributed by atoms with Gasteiger partial charge in [0.05, 0.1) is 6.10 Å². The third-order valence-electron chi connectivity index (χ3n) is 4.21. The number of rotatable bonds is 2. The molecule has 104 valence electrons. The van der Waals surface area contributed by atoms with Crippen molar-refractivity contribution < 1.29 is 4.74 Å². The van der Waals surface area contributed by atoms with Gasteiger partial charge in [-0.25, -0.2) is 9.97 Å². The van der Waals surface area contributed by atoms with Gasteiger partial charge >= 0.3 is 0 Å². The molecular formula is C15H23N3O. The Bertz CT molecular complexity index is 429. The predicted octanol–water partition coefficient (Wildman–Crippen LogP) is 2.31. The zero-order valence-electron chi connectivity index (χ0n) is 11.5. The van der Waals surface area contributed by atoms with Crippen molar-refractivity contribution >= 4 is 0 Å². The van der Waals surface area contributed by atoms with Gasteiger partial charge in [-0.15, -0.1) is 0 Å². The van der Waals surface area contributed by atoms with E-state index >= 15 is 0 Å². The van der Waals surface area contributed by atoms with Crippen molar-refractivity contribution in [1.82, 2.24) is 9.97 Å². The van der Waals surface area contributed by atoms with Crippen LogP contribution in [0.3, 0.4) is 0 Å². The molecule has 2 unspecified atom stereocenters. The number of ether oxygens (including phenoxy) is 1. The fraction of sp³-hybridized carbons (Fsp3) is 0.733. The van der Waals surface area contributed by atoms with Crippen molar-refractivity contribution in [2.45, 2.75) is 63.5 Å². The molecule has 2 N–H and O–H groups in total. The largest absolute Gasteiger partial charge is 0.378 e. The Morgan fingerprint density at radius 1 is 1.21 bits per heavy atom. The van der Waals surface area contributed by atoms with E-state index < -0.39 is 0 Å². The quantitative estimate of drug-likeness (QED) is 0.830. The minimum absolute atomic E-state index is 0.123. The van der Waals surface area contributed by atoms with Crippen LogP contribution in [0.5, 0.6) is 0 Å². The number of aromatic nitrogens is 2. The third kappa shape index (κ3) is 3.12. The van der Waals surface area contributed by atoms with E-state index in [0.29, 0.717) is 6.10 Å². The van der Waals surface area contributed by atoms with Gasteiger partial charge in [0, 0.05) is 36.5 Å². The molecule has 0 bridgehead atoms. The summed E-state index contributed by atoms with van der Waals surface area (Å²) in [5, 5.41) is 0. The van der Waals surface area contributed by atoms with E-state index in [1.54, 1.807) is 0 Å². The van der Waals surface area contributed by atoms with Crippen molar-refractivity contribution in [1.29, 1.82) is 0 Å². The van der Waals surface area contributed by atoms with Gasteiger partial charge in [-0.1, -0.05) is 6.42 Å². The van der Waals surface area contributed by atoms with Crippen LogP contribution in [0.4, 0.5) is 0 Å². The topological polar surface area (TPSA) is 61.0 Å². The molecule has 1 aliphatic heterocycles. The number of nitrogens with zero attached hydrogens (tertiary/aromatic N) is 2. The highest BCUT2D eigenvalue weighted by molar-refractivity contribution is 5.23. The van der Waals surface area contributed by atoms with Crippen LogP contribution in [0.25, 0.3) is 0 Å². The number of fused-ring (bicyclic) bond motifs is 1. The van der Waals surface area contributed by atoms with E-state index in [-0.39, 0.29) is 6.04 Å². The molecular weight excluding hydrogens is 238 g/mol. The third-order valence-corrected chi connectivity index (χ3v) is 4.21. The van der Waals surface area contributed by atoms with E-state index in [1.165, 1.54) is 31.4 Å². The maximum atomic E-state index is 6.18. The van der Waals surface area contributed by atoms with Gasteiger partial charge in [0.15, 0.2) is 0 Å². The summed E-state index contributed by atoms with van der Waals surface area (Å²) in [7, 11) is 0. The summed E-state index contributed by atoms with van der Waals surface area (Å²) in [4.78, 5) is 9.25. The summed E-state index contributed by atoms with van der Waals surface area (Å²) < 4.78 is 5.77. The molecule has 0 spiro atoms. The van der Waals surface area contributed by atoms with Gasteiger partial charge < -0.3 is 10.5 Å². The molecule has 0 radical (unpaired) electrons. The molecule has 3 rings (SSSR count). The van der Waals surface area contributed by atoms with Crippen LogP contribution in [0, 0.1) is 0 Å². The van der Waals surface area contributed by atoms with Gasteiger partial charge in [-0.2, -0.15) is 0 Å². The molecule has 4 heteroatoms. The number of hydrogen-bond acceptors (Lipinski definition) is 4. The van der Waals surface area contributed by atoms with E-state index in [1.807, 2.05) is 6.20 Å². The molecule has 4 nitrogen and oxygen atoms in total. The highest BCUT2D eigenvalue weighted by Crippen LogP contribution is 2.25. The minimum Gasteiger partial charge on any atom is -0.378 e.